The molecular formula is C19H18ClFN2. The highest BCUT2D eigenvalue weighted by Crippen LogP contribution is 2.25. The Morgan fingerprint density at radius 1 is 1.13 bits per heavy atom. The molecule has 0 N–H and O–H groups in total. The van der Waals surface area contributed by atoms with Gasteiger partial charge in [-0.15, -0.1) is 0 Å². The Kier molecular flexibility index (Phi) is 4.60. The van der Waals surface area contributed by atoms with Crippen molar-refractivity contribution in [3.63, 3.8) is 0 Å². The largest absolute Gasteiger partial charge is 0.295 e. The minimum atomic E-state index is -0.217. The maximum absolute atomic E-state index is 13.1. The van der Waals surface area contributed by atoms with E-state index < -0.39 is 0 Å². The average Bonchev–Trinajstić information content (AvgIpc) is 2.55. The van der Waals surface area contributed by atoms with Gasteiger partial charge in [-0.3, -0.25) is 4.90 Å². The molecule has 0 amide bonds. The first-order chi connectivity index (χ1) is 11.0. The van der Waals surface area contributed by atoms with E-state index >= 15 is 0 Å². The van der Waals surface area contributed by atoms with E-state index in [1.165, 1.54) is 12.1 Å². The quantitative estimate of drug-likeness (QED) is 0.610. The second-order valence-electron chi connectivity index (χ2n) is 5.77. The molecular weight excluding hydrogens is 311 g/mol. The lowest BCUT2D eigenvalue weighted by Gasteiger charge is -2.25. The smallest absolute Gasteiger partial charge is 0.134 e. The maximum Gasteiger partial charge on any atom is 0.134 e. The summed E-state index contributed by atoms with van der Waals surface area (Å²) in [4.78, 5) is 6.63. The number of para-hydroxylation sites is 1. The SMILES string of the molecule is C[C@@H](c1ccc(F)cc1)N(C)Cc1cc2ccccc2nc1Cl. The molecule has 0 saturated heterocycles. The number of fused-ring (bicyclic) bond motifs is 1. The monoisotopic (exact) mass is 328 g/mol. The molecule has 0 unspecified atom stereocenters. The zero-order chi connectivity index (χ0) is 16.4. The van der Waals surface area contributed by atoms with Gasteiger partial charge in [0.2, 0.25) is 0 Å². The molecule has 0 aliphatic carbocycles. The molecule has 2 nitrogen and oxygen atoms in total. The van der Waals surface area contributed by atoms with Gasteiger partial charge >= 0.3 is 0 Å². The Hall–Kier alpha value is -1.97. The van der Waals surface area contributed by atoms with E-state index in [0.29, 0.717) is 11.7 Å². The maximum atomic E-state index is 13.1. The number of rotatable bonds is 4. The van der Waals surface area contributed by atoms with E-state index in [0.717, 1.165) is 22.0 Å². The number of nitrogens with zero attached hydrogens (tertiary/aromatic N) is 2. The second kappa shape index (κ2) is 6.65. The second-order valence-corrected chi connectivity index (χ2v) is 6.13. The van der Waals surface area contributed by atoms with Crippen LogP contribution in [0.25, 0.3) is 10.9 Å². The van der Waals surface area contributed by atoms with Gasteiger partial charge in [0.25, 0.3) is 0 Å². The molecule has 4 heteroatoms. The predicted molar refractivity (Wildman–Crippen MR) is 93.0 cm³/mol. The summed E-state index contributed by atoms with van der Waals surface area (Å²) in [7, 11) is 2.03. The van der Waals surface area contributed by atoms with Gasteiger partial charge in [-0.25, -0.2) is 9.37 Å². The summed E-state index contributed by atoms with van der Waals surface area (Å²) in [5.74, 6) is -0.217. The van der Waals surface area contributed by atoms with Crippen molar-refractivity contribution < 1.29 is 4.39 Å². The summed E-state index contributed by atoms with van der Waals surface area (Å²) in [5, 5.41) is 1.61. The van der Waals surface area contributed by atoms with Crippen LogP contribution in [-0.4, -0.2) is 16.9 Å². The molecule has 0 radical (unpaired) electrons. The summed E-state index contributed by atoms with van der Waals surface area (Å²) in [6.45, 7) is 2.77. The fourth-order valence-electron chi connectivity index (χ4n) is 2.65. The zero-order valence-electron chi connectivity index (χ0n) is 13.1. The van der Waals surface area contributed by atoms with Crippen LogP contribution in [0, 0.1) is 5.82 Å². The van der Waals surface area contributed by atoms with Crippen molar-refractivity contribution in [2.45, 2.75) is 19.5 Å². The van der Waals surface area contributed by atoms with Gasteiger partial charge in [0, 0.05) is 23.5 Å². The highest BCUT2D eigenvalue weighted by atomic mass is 35.5. The van der Waals surface area contributed by atoms with Gasteiger partial charge in [-0.2, -0.15) is 0 Å². The molecule has 23 heavy (non-hydrogen) atoms. The van der Waals surface area contributed by atoms with Gasteiger partial charge in [0.05, 0.1) is 5.52 Å². The Morgan fingerprint density at radius 3 is 2.57 bits per heavy atom. The zero-order valence-corrected chi connectivity index (χ0v) is 13.9. The van der Waals surface area contributed by atoms with Gasteiger partial charge < -0.3 is 0 Å². The highest BCUT2D eigenvalue weighted by Gasteiger charge is 2.14. The van der Waals surface area contributed by atoms with Crippen molar-refractivity contribution in [3.05, 3.63) is 76.7 Å². The fourth-order valence-corrected chi connectivity index (χ4v) is 2.85. The summed E-state index contributed by atoms with van der Waals surface area (Å²) >= 11 is 6.33. The molecule has 0 aliphatic heterocycles. The van der Waals surface area contributed by atoms with Crippen molar-refractivity contribution in [2.24, 2.45) is 0 Å². The van der Waals surface area contributed by atoms with Crippen LogP contribution in [0.1, 0.15) is 24.1 Å². The summed E-state index contributed by atoms with van der Waals surface area (Å²) < 4.78 is 13.1. The van der Waals surface area contributed by atoms with Gasteiger partial charge in [-0.1, -0.05) is 41.9 Å². The Morgan fingerprint density at radius 2 is 1.83 bits per heavy atom. The molecule has 0 saturated carbocycles. The topological polar surface area (TPSA) is 16.1 Å². The van der Waals surface area contributed by atoms with E-state index in [4.69, 9.17) is 11.6 Å². The molecule has 3 aromatic rings. The first kappa shape index (κ1) is 15.9. The van der Waals surface area contributed by atoms with Crippen molar-refractivity contribution in [2.75, 3.05) is 7.05 Å². The van der Waals surface area contributed by atoms with Gasteiger partial charge in [0.1, 0.15) is 11.0 Å². The number of aromatic nitrogens is 1. The molecule has 1 aromatic heterocycles. The van der Waals surface area contributed by atoms with E-state index in [2.05, 4.69) is 22.9 Å². The Balaban J connectivity index is 1.83. The minimum Gasteiger partial charge on any atom is -0.295 e. The Bertz CT molecular complexity index is 817. The summed E-state index contributed by atoms with van der Waals surface area (Å²) in [5.41, 5.74) is 2.95. The molecule has 118 valence electrons. The van der Waals surface area contributed by atoms with Crippen molar-refractivity contribution in [3.8, 4) is 0 Å². The molecule has 0 bridgehead atoms. The number of pyridine rings is 1. The normalized spacial score (nSPS) is 12.7. The lowest BCUT2D eigenvalue weighted by molar-refractivity contribution is 0.253. The van der Waals surface area contributed by atoms with Crippen LogP contribution < -0.4 is 0 Å². The molecule has 1 atom stereocenters. The fraction of sp³-hybridized carbons (Fsp3) is 0.211. The number of halogens is 2. The third kappa shape index (κ3) is 3.52. The third-order valence-corrected chi connectivity index (χ3v) is 4.51. The molecule has 3 rings (SSSR count). The van der Waals surface area contributed by atoms with E-state index in [9.17, 15) is 4.39 Å². The van der Waals surface area contributed by atoms with Crippen LogP contribution in [0.15, 0.2) is 54.6 Å². The average molecular weight is 329 g/mol. The van der Waals surface area contributed by atoms with E-state index in [1.54, 1.807) is 0 Å². The lowest BCUT2D eigenvalue weighted by atomic mass is 10.1. The predicted octanol–water partition coefficient (Wildman–Crippen LogP) is 5.22. The summed E-state index contributed by atoms with van der Waals surface area (Å²) in [6, 6.07) is 16.8. The van der Waals surface area contributed by atoms with Crippen LogP contribution in [-0.2, 0) is 6.54 Å². The number of hydrogen-bond donors (Lipinski definition) is 0. The first-order valence-corrected chi connectivity index (χ1v) is 7.92. The van der Waals surface area contributed by atoms with Crippen LogP contribution in [0.2, 0.25) is 5.15 Å². The van der Waals surface area contributed by atoms with Crippen LogP contribution in [0.5, 0.6) is 0 Å². The van der Waals surface area contributed by atoms with Crippen LogP contribution in [0.3, 0.4) is 0 Å². The molecule has 1 heterocycles. The lowest BCUT2D eigenvalue weighted by Crippen LogP contribution is -2.22. The van der Waals surface area contributed by atoms with Gasteiger partial charge in [-0.05, 0) is 43.8 Å². The molecule has 2 aromatic carbocycles. The molecule has 0 spiro atoms. The molecule has 0 aliphatic rings. The van der Waals surface area contributed by atoms with Crippen LogP contribution >= 0.6 is 11.6 Å². The van der Waals surface area contributed by atoms with E-state index in [-0.39, 0.29) is 11.9 Å². The number of hydrogen-bond acceptors (Lipinski definition) is 2. The highest BCUT2D eigenvalue weighted by molar-refractivity contribution is 6.30. The van der Waals surface area contributed by atoms with Crippen LogP contribution in [0.4, 0.5) is 4.39 Å². The Labute approximate surface area is 140 Å². The van der Waals surface area contributed by atoms with Crippen molar-refractivity contribution in [1.29, 1.82) is 0 Å². The van der Waals surface area contributed by atoms with Crippen molar-refractivity contribution in [1.82, 2.24) is 9.88 Å². The first-order valence-electron chi connectivity index (χ1n) is 7.54. The summed E-state index contributed by atoms with van der Waals surface area (Å²) in [6.07, 6.45) is 0. The number of benzene rings is 2. The molecule has 0 fully saturated rings. The van der Waals surface area contributed by atoms with Gasteiger partial charge in [0.15, 0.2) is 0 Å². The van der Waals surface area contributed by atoms with Crippen molar-refractivity contribution >= 4 is 22.5 Å². The minimum absolute atomic E-state index is 0.151. The third-order valence-electron chi connectivity index (χ3n) is 4.18. The standard InChI is InChI=1S/C19H18ClFN2/c1-13(14-7-9-17(21)10-8-14)23(2)12-16-11-15-5-3-4-6-18(15)22-19(16)20/h3-11,13H,12H2,1-2H3/t13-/m0/s1. The van der Waals surface area contributed by atoms with E-state index in [1.807, 2.05) is 43.4 Å².